The van der Waals surface area contributed by atoms with Gasteiger partial charge in [-0.2, -0.15) is 0 Å². The van der Waals surface area contributed by atoms with Crippen LogP contribution in [-0.4, -0.2) is 29.1 Å². The predicted octanol–water partition coefficient (Wildman–Crippen LogP) is 4.86. The van der Waals surface area contributed by atoms with Crippen LogP contribution in [0.1, 0.15) is 30.0 Å². The van der Waals surface area contributed by atoms with Crippen molar-refractivity contribution in [3.63, 3.8) is 0 Å². The first-order valence-corrected chi connectivity index (χ1v) is 9.33. The lowest BCUT2D eigenvalue weighted by Gasteiger charge is -2.37. The van der Waals surface area contributed by atoms with Crippen molar-refractivity contribution in [2.45, 2.75) is 18.9 Å². The van der Waals surface area contributed by atoms with Crippen molar-refractivity contribution < 1.29 is 14.3 Å². The van der Waals surface area contributed by atoms with Gasteiger partial charge in [-0.05, 0) is 60.0 Å². The smallest absolute Gasteiger partial charge is 0.306 e. The van der Waals surface area contributed by atoms with Crippen molar-refractivity contribution in [2.75, 3.05) is 13.1 Å². The Hall–Kier alpha value is -2.72. The lowest BCUT2D eigenvalue weighted by atomic mass is 9.89. The minimum absolute atomic E-state index is 0.0958. The molecule has 1 aliphatic heterocycles. The largest absolute Gasteiger partial charge is 0.481 e. The van der Waals surface area contributed by atoms with Gasteiger partial charge in [-0.25, -0.2) is 4.39 Å². The van der Waals surface area contributed by atoms with Crippen molar-refractivity contribution in [3.8, 4) is 0 Å². The Morgan fingerprint density at radius 1 is 1.00 bits per heavy atom. The first kappa shape index (κ1) is 17.7. The van der Waals surface area contributed by atoms with E-state index in [1.54, 1.807) is 12.1 Å². The van der Waals surface area contributed by atoms with Crippen molar-refractivity contribution in [1.29, 1.82) is 0 Å². The fraction of sp³-hybridized carbons (Fsp3) is 0.261. The Bertz CT molecular complexity index is 958. The molecule has 0 amide bonds. The molecule has 27 heavy (non-hydrogen) atoms. The quantitative estimate of drug-likeness (QED) is 0.719. The molecule has 4 heteroatoms. The minimum atomic E-state index is -0.720. The molecule has 1 saturated heterocycles. The third kappa shape index (κ3) is 3.58. The molecule has 1 N–H and O–H groups in total. The van der Waals surface area contributed by atoms with E-state index in [4.69, 9.17) is 0 Å². The number of carboxylic acid groups (broad SMARTS) is 1. The van der Waals surface area contributed by atoms with Crippen LogP contribution in [0.4, 0.5) is 4.39 Å². The second-order valence-corrected chi connectivity index (χ2v) is 7.17. The van der Waals surface area contributed by atoms with Crippen LogP contribution in [0.15, 0.2) is 66.7 Å². The van der Waals surface area contributed by atoms with Gasteiger partial charge in [0.25, 0.3) is 0 Å². The van der Waals surface area contributed by atoms with Gasteiger partial charge >= 0.3 is 5.97 Å². The molecule has 0 aliphatic carbocycles. The van der Waals surface area contributed by atoms with Gasteiger partial charge in [0.1, 0.15) is 5.82 Å². The van der Waals surface area contributed by atoms with E-state index in [9.17, 15) is 14.3 Å². The van der Waals surface area contributed by atoms with Gasteiger partial charge in [0, 0.05) is 0 Å². The van der Waals surface area contributed by atoms with Crippen molar-refractivity contribution >= 4 is 16.7 Å². The molecule has 1 aliphatic rings. The summed E-state index contributed by atoms with van der Waals surface area (Å²) < 4.78 is 14.0. The SMILES string of the molecule is O=C(O)C1CCN(C(c2cccc(F)c2)c2cccc3ccccc23)CC1. The summed E-state index contributed by atoms with van der Waals surface area (Å²) in [6.45, 7) is 1.36. The number of benzene rings is 3. The molecule has 1 unspecified atom stereocenters. The first-order chi connectivity index (χ1) is 13.1. The van der Waals surface area contributed by atoms with E-state index in [0.717, 1.165) is 21.9 Å². The van der Waals surface area contributed by atoms with Gasteiger partial charge in [-0.15, -0.1) is 0 Å². The highest BCUT2D eigenvalue weighted by Gasteiger charge is 2.31. The Morgan fingerprint density at radius 3 is 2.44 bits per heavy atom. The highest BCUT2D eigenvalue weighted by Crippen LogP contribution is 2.36. The predicted molar refractivity (Wildman–Crippen MR) is 104 cm³/mol. The molecule has 0 saturated carbocycles. The van der Waals surface area contributed by atoms with Crippen LogP contribution < -0.4 is 0 Å². The van der Waals surface area contributed by atoms with Crippen LogP contribution in [-0.2, 0) is 4.79 Å². The first-order valence-electron chi connectivity index (χ1n) is 9.33. The Labute approximate surface area is 158 Å². The third-order valence-corrected chi connectivity index (χ3v) is 5.53. The van der Waals surface area contributed by atoms with Crippen LogP contribution in [0.2, 0.25) is 0 Å². The molecule has 0 bridgehead atoms. The molecule has 3 aromatic carbocycles. The summed E-state index contributed by atoms with van der Waals surface area (Å²) in [5, 5.41) is 11.6. The summed E-state index contributed by atoms with van der Waals surface area (Å²) in [7, 11) is 0. The molecule has 1 atom stereocenters. The van der Waals surface area contributed by atoms with Crippen LogP contribution in [0.5, 0.6) is 0 Å². The average molecular weight is 363 g/mol. The number of fused-ring (bicyclic) bond motifs is 1. The molecule has 1 heterocycles. The number of hydrogen-bond acceptors (Lipinski definition) is 2. The van der Waals surface area contributed by atoms with Crippen LogP contribution in [0.3, 0.4) is 0 Å². The second-order valence-electron chi connectivity index (χ2n) is 7.17. The van der Waals surface area contributed by atoms with E-state index in [1.807, 2.05) is 24.3 Å². The molecule has 138 valence electrons. The minimum Gasteiger partial charge on any atom is -0.481 e. The van der Waals surface area contributed by atoms with Crippen LogP contribution in [0.25, 0.3) is 10.8 Å². The topological polar surface area (TPSA) is 40.5 Å². The van der Waals surface area contributed by atoms with E-state index in [2.05, 4.69) is 29.2 Å². The molecular weight excluding hydrogens is 341 g/mol. The molecule has 4 rings (SSSR count). The Kier molecular flexibility index (Phi) is 4.90. The van der Waals surface area contributed by atoms with E-state index in [0.29, 0.717) is 25.9 Å². The highest BCUT2D eigenvalue weighted by atomic mass is 19.1. The van der Waals surface area contributed by atoms with E-state index in [1.165, 1.54) is 6.07 Å². The third-order valence-electron chi connectivity index (χ3n) is 5.53. The van der Waals surface area contributed by atoms with Crippen molar-refractivity contribution in [2.24, 2.45) is 5.92 Å². The standard InChI is InChI=1S/C23H22FNO2/c24-19-8-3-7-18(15-19)22(25-13-11-17(12-14-25)23(26)27)21-10-4-6-16-5-1-2-9-20(16)21/h1-10,15,17,22H,11-14H2,(H,26,27). The molecule has 0 radical (unpaired) electrons. The molecular formula is C23H22FNO2. The Morgan fingerprint density at radius 2 is 1.70 bits per heavy atom. The summed E-state index contributed by atoms with van der Waals surface area (Å²) in [6, 6.07) is 21.1. The Balaban J connectivity index is 1.78. The normalized spacial score (nSPS) is 17.1. The van der Waals surface area contributed by atoms with Gasteiger partial charge in [-0.3, -0.25) is 9.69 Å². The van der Waals surface area contributed by atoms with Gasteiger partial charge in [0.15, 0.2) is 0 Å². The lowest BCUT2D eigenvalue weighted by molar-refractivity contribution is -0.143. The maximum Gasteiger partial charge on any atom is 0.306 e. The zero-order valence-electron chi connectivity index (χ0n) is 15.0. The summed E-state index contributed by atoms with van der Waals surface area (Å²) in [5.74, 6) is -1.26. The number of halogens is 1. The summed E-state index contributed by atoms with van der Waals surface area (Å²) in [5.41, 5.74) is 2.03. The highest BCUT2D eigenvalue weighted by molar-refractivity contribution is 5.86. The average Bonchev–Trinajstić information content (AvgIpc) is 2.69. The number of hydrogen-bond donors (Lipinski definition) is 1. The summed E-state index contributed by atoms with van der Waals surface area (Å²) >= 11 is 0. The number of piperidine rings is 1. The maximum atomic E-state index is 14.0. The number of carboxylic acids is 1. The number of rotatable bonds is 4. The van der Waals surface area contributed by atoms with E-state index >= 15 is 0 Å². The lowest BCUT2D eigenvalue weighted by Crippen LogP contribution is -2.39. The molecule has 3 aromatic rings. The number of nitrogens with zero attached hydrogens (tertiary/aromatic N) is 1. The maximum absolute atomic E-state index is 14.0. The van der Waals surface area contributed by atoms with E-state index < -0.39 is 5.97 Å². The van der Waals surface area contributed by atoms with Crippen LogP contribution in [0, 0.1) is 11.7 Å². The number of carbonyl (C=O) groups is 1. The van der Waals surface area contributed by atoms with Crippen molar-refractivity contribution in [3.05, 3.63) is 83.7 Å². The molecule has 0 aromatic heterocycles. The van der Waals surface area contributed by atoms with E-state index in [-0.39, 0.29) is 17.8 Å². The molecule has 1 fully saturated rings. The monoisotopic (exact) mass is 363 g/mol. The summed E-state index contributed by atoms with van der Waals surface area (Å²) in [4.78, 5) is 13.6. The number of aliphatic carboxylic acids is 1. The second kappa shape index (κ2) is 7.49. The zero-order chi connectivity index (χ0) is 18.8. The molecule has 0 spiro atoms. The van der Waals surface area contributed by atoms with Gasteiger partial charge < -0.3 is 5.11 Å². The fourth-order valence-corrected chi connectivity index (χ4v) is 4.16. The summed E-state index contributed by atoms with van der Waals surface area (Å²) in [6.07, 6.45) is 1.23. The number of likely N-dealkylation sites (tertiary alicyclic amines) is 1. The van der Waals surface area contributed by atoms with Gasteiger partial charge in [-0.1, -0.05) is 54.6 Å². The van der Waals surface area contributed by atoms with Gasteiger partial charge in [0.05, 0.1) is 12.0 Å². The van der Waals surface area contributed by atoms with Gasteiger partial charge in [0.2, 0.25) is 0 Å². The zero-order valence-corrected chi connectivity index (χ0v) is 15.0. The molecule has 3 nitrogen and oxygen atoms in total. The van der Waals surface area contributed by atoms with Crippen LogP contribution >= 0.6 is 0 Å². The van der Waals surface area contributed by atoms with Crippen molar-refractivity contribution in [1.82, 2.24) is 4.90 Å². The fourth-order valence-electron chi connectivity index (χ4n) is 4.16.